The first-order chi connectivity index (χ1) is 7.89. The lowest BCUT2D eigenvalue weighted by molar-refractivity contribution is 0.344. The Kier molecular flexibility index (Phi) is 6.25. The van der Waals surface area contributed by atoms with Crippen LogP contribution in [0.2, 0.25) is 0 Å². The van der Waals surface area contributed by atoms with Gasteiger partial charge in [-0.15, -0.1) is 0 Å². The number of hydrogen-bond acceptors (Lipinski definition) is 5. The van der Waals surface area contributed by atoms with Crippen LogP contribution in [0.15, 0.2) is 0 Å². The first-order valence-electron chi connectivity index (χ1n) is 5.78. The molecular formula is C10H24N2O4S2. The molecule has 6 nitrogen and oxygen atoms in total. The largest absolute Gasteiger partial charge is 0.329 e. The number of nitrogens with one attached hydrogen (secondary N) is 1. The minimum Gasteiger partial charge on any atom is -0.329 e. The van der Waals surface area contributed by atoms with Crippen molar-refractivity contribution >= 4 is 19.9 Å². The van der Waals surface area contributed by atoms with Crippen LogP contribution in [0.3, 0.4) is 0 Å². The third-order valence-corrected chi connectivity index (χ3v) is 5.18. The SMILES string of the molecule is CC(C)CC(C)(CN)NS(=O)(=O)CCS(C)(=O)=O. The molecule has 0 aliphatic heterocycles. The standard InChI is InChI=1S/C10H24N2O4S2/c1-9(2)7-10(3,8-11)12-18(15,16)6-5-17(4,13)14/h9,12H,5-8,11H2,1-4H3. The Bertz CT molecular complexity index is 456. The van der Waals surface area contributed by atoms with Gasteiger partial charge in [-0.05, 0) is 19.3 Å². The second-order valence-corrected chi connectivity index (χ2v) is 9.52. The van der Waals surface area contributed by atoms with Crippen molar-refractivity contribution in [2.45, 2.75) is 32.7 Å². The minimum absolute atomic E-state index is 0.170. The summed E-state index contributed by atoms with van der Waals surface area (Å²) in [5, 5.41) is 0. The van der Waals surface area contributed by atoms with Crippen LogP contribution in [0, 0.1) is 5.92 Å². The molecule has 0 aromatic heterocycles. The summed E-state index contributed by atoms with van der Waals surface area (Å²) >= 11 is 0. The van der Waals surface area contributed by atoms with E-state index in [9.17, 15) is 16.8 Å². The van der Waals surface area contributed by atoms with Gasteiger partial charge in [0.25, 0.3) is 0 Å². The molecule has 110 valence electrons. The third-order valence-electron chi connectivity index (χ3n) is 2.43. The lowest BCUT2D eigenvalue weighted by Crippen LogP contribution is -2.53. The highest BCUT2D eigenvalue weighted by Crippen LogP contribution is 2.16. The summed E-state index contributed by atoms with van der Waals surface area (Å²) in [7, 11) is -6.93. The van der Waals surface area contributed by atoms with Crippen molar-refractivity contribution in [3.8, 4) is 0 Å². The van der Waals surface area contributed by atoms with E-state index in [0.717, 1.165) is 6.26 Å². The Morgan fingerprint density at radius 2 is 1.67 bits per heavy atom. The average molecular weight is 300 g/mol. The monoisotopic (exact) mass is 300 g/mol. The molecule has 0 spiro atoms. The van der Waals surface area contributed by atoms with Gasteiger partial charge in [0.2, 0.25) is 10.0 Å². The molecule has 0 aliphatic carbocycles. The summed E-state index contributed by atoms with van der Waals surface area (Å²) in [5.74, 6) is -0.527. The van der Waals surface area contributed by atoms with Crippen LogP contribution in [-0.2, 0) is 19.9 Å². The summed E-state index contributed by atoms with van der Waals surface area (Å²) in [6.45, 7) is 5.84. The molecule has 8 heteroatoms. The van der Waals surface area contributed by atoms with Gasteiger partial charge in [0, 0.05) is 18.3 Å². The maximum Gasteiger partial charge on any atom is 0.213 e. The number of sulfone groups is 1. The van der Waals surface area contributed by atoms with Crippen molar-refractivity contribution in [1.29, 1.82) is 0 Å². The van der Waals surface area contributed by atoms with E-state index in [1.165, 1.54) is 0 Å². The van der Waals surface area contributed by atoms with Crippen LogP contribution in [0.4, 0.5) is 0 Å². The Hall–Kier alpha value is -0.180. The van der Waals surface area contributed by atoms with Crippen LogP contribution in [0.1, 0.15) is 27.2 Å². The van der Waals surface area contributed by atoms with Crippen molar-refractivity contribution in [1.82, 2.24) is 4.72 Å². The summed E-state index contributed by atoms with van der Waals surface area (Å²) < 4.78 is 48.1. The fourth-order valence-electron chi connectivity index (χ4n) is 1.76. The zero-order valence-electron chi connectivity index (χ0n) is 11.4. The third kappa shape index (κ3) is 8.02. The fraction of sp³-hybridized carbons (Fsp3) is 1.00. The first-order valence-corrected chi connectivity index (χ1v) is 9.50. The Morgan fingerprint density at radius 1 is 1.17 bits per heavy atom. The molecule has 0 heterocycles. The molecular weight excluding hydrogens is 276 g/mol. The van der Waals surface area contributed by atoms with Crippen molar-refractivity contribution in [3.63, 3.8) is 0 Å². The van der Waals surface area contributed by atoms with Gasteiger partial charge >= 0.3 is 0 Å². The van der Waals surface area contributed by atoms with E-state index in [1.54, 1.807) is 6.92 Å². The Labute approximate surface area is 110 Å². The number of sulfonamides is 1. The molecule has 3 N–H and O–H groups in total. The van der Waals surface area contributed by atoms with Crippen molar-refractivity contribution in [3.05, 3.63) is 0 Å². The van der Waals surface area contributed by atoms with E-state index in [2.05, 4.69) is 4.72 Å². The highest BCUT2D eigenvalue weighted by molar-refractivity contribution is 7.93. The smallest absolute Gasteiger partial charge is 0.213 e. The van der Waals surface area contributed by atoms with Crippen molar-refractivity contribution in [2.75, 3.05) is 24.3 Å². The molecule has 0 aromatic rings. The molecule has 0 saturated carbocycles. The van der Waals surface area contributed by atoms with Crippen LogP contribution in [0.25, 0.3) is 0 Å². The average Bonchev–Trinajstić information content (AvgIpc) is 2.12. The lowest BCUT2D eigenvalue weighted by Gasteiger charge is -2.30. The van der Waals surface area contributed by atoms with Crippen LogP contribution >= 0.6 is 0 Å². The lowest BCUT2D eigenvalue weighted by atomic mass is 9.92. The number of hydrogen-bond donors (Lipinski definition) is 2. The van der Waals surface area contributed by atoms with Crippen molar-refractivity contribution < 1.29 is 16.8 Å². The van der Waals surface area contributed by atoms with E-state index in [4.69, 9.17) is 5.73 Å². The highest BCUT2D eigenvalue weighted by atomic mass is 32.2. The van der Waals surface area contributed by atoms with E-state index in [-0.39, 0.29) is 18.2 Å². The molecule has 0 saturated heterocycles. The van der Waals surface area contributed by atoms with Gasteiger partial charge in [0.05, 0.1) is 11.5 Å². The molecule has 18 heavy (non-hydrogen) atoms. The van der Waals surface area contributed by atoms with Gasteiger partial charge in [-0.2, -0.15) is 0 Å². The molecule has 1 atom stereocenters. The van der Waals surface area contributed by atoms with Gasteiger partial charge in [-0.3, -0.25) is 0 Å². The molecule has 0 radical (unpaired) electrons. The molecule has 0 aromatic carbocycles. The highest BCUT2D eigenvalue weighted by Gasteiger charge is 2.29. The summed E-state index contributed by atoms with van der Waals surface area (Å²) in [6, 6.07) is 0. The van der Waals surface area contributed by atoms with Crippen LogP contribution in [0.5, 0.6) is 0 Å². The second-order valence-electron chi connectivity index (χ2n) is 5.41. The second kappa shape index (κ2) is 6.31. The maximum atomic E-state index is 11.8. The van der Waals surface area contributed by atoms with E-state index in [1.807, 2.05) is 13.8 Å². The van der Waals surface area contributed by atoms with Gasteiger partial charge in [0.15, 0.2) is 0 Å². The fourth-order valence-corrected chi connectivity index (χ4v) is 4.86. The summed E-state index contributed by atoms with van der Waals surface area (Å²) in [6.07, 6.45) is 1.61. The quantitative estimate of drug-likeness (QED) is 0.641. The number of rotatable bonds is 8. The van der Waals surface area contributed by atoms with E-state index >= 15 is 0 Å². The molecule has 0 amide bonds. The van der Waals surface area contributed by atoms with E-state index in [0.29, 0.717) is 6.42 Å². The predicted octanol–water partition coefficient (Wildman–Crippen LogP) is -0.286. The molecule has 0 bridgehead atoms. The summed E-state index contributed by atoms with van der Waals surface area (Å²) in [5.41, 5.74) is 4.87. The van der Waals surface area contributed by atoms with Crippen molar-refractivity contribution in [2.24, 2.45) is 11.7 Å². The van der Waals surface area contributed by atoms with Gasteiger partial charge < -0.3 is 5.73 Å². The molecule has 0 aliphatic rings. The minimum atomic E-state index is -3.64. The normalized spacial score (nSPS) is 16.8. The topological polar surface area (TPSA) is 106 Å². The van der Waals surface area contributed by atoms with Gasteiger partial charge in [0.1, 0.15) is 9.84 Å². The Balaban J connectivity index is 4.73. The van der Waals surface area contributed by atoms with E-state index < -0.39 is 31.2 Å². The van der Waals surface area contributed by atoms with Gasteiger partial charge in [-0.1, -0.05) is 13.8 Å². The zero-order chi connectivity index (χ0) is 14.6. The summed E-state index contributed by atoms with van der Waals surface area (Å²) in [4.78, 5) is 0. The predicted molar refractivity (Wildman–Crippen MR) is 73.5 cm³/mol. The van der Waals surface area contributed by atoms with Crippen LogP contribution < -0.4 is 10.5 Å². The molecule has 1 unspecified atom stereocenters. The first kappa shape index (κ1) is 17.8. The molecule has 0 fully saturated rings. The molecule has 0 rings (SSSR count). The zero-order valence-corrected chi connectivity index (χ0v) is 13.1. The maximum absolute atomic E-state index is 11.8. The van der Waals surface area contributed by atoms with Crippen LogP contribution in [-0.4, -0.2) is 46.7 Å². The van der Waals surface area contributed by atoms with Gasteiger partial charge in [-0.25, -0.2) is 21.6 Å². The Morgan fingerprint density at radius 3 is 2.00 bits per heavy atom. The number of nitrogens with two attached hydrogens (primary N) is 1.